The maximum Gasteiger partial charge on any atom is 0.376 e. The monoisotopic (exact) mass is 317 g/mol. The molecule has 1 heterocycles. The van der Waals surface area contributed by atoms with Crippen molar-refractivity contribution in [3.8, 4) is 22.8 Å². The highest BCUT2D eigenvalue weighted by molar-refractivity contribution is 5.87. The van der Waals surface area contributed by atoms with Crippen LogP contribution in [0.15, 0.2) is 28.8 Å². The molecule has 0 N–H and O–H groups in total. The molecule has 0 atom stereocenters. The van der Waals surface area contributed by atoms with Crippen LogP contribution in [-0.2, 0) is 4.74 Å². The molecule has 0 unspecified atom stereocenters. The van der Waals surface area contributed by atoms with E-state index < -0.39 is 5.97 Å². The molecule has 0 amide bonds. The number of benzene rings is 1. The Balaban J connectivity index is 1.87. The Morgan fingerprint density at radius 2 is 1.96 bits per heavy atom. The van der Waals surface area contributed by atoms with Crippen LogP contribution < -0.4 is 9.47 Å². The molecule has 6 nitrogen and oxygen atoms in total. The second-order valence-corrected chi connectivity index (χ2v) is 5.46. The first-order valence-electron chi connectivity index (χ1n) is 7.61. The van der Waals surface area contributed by atoms with Crippen molar-refractivity contribution in [3.05, 3.63) is 30.0 Å². The Hall–Kier alpha value is -2.50. The number of carbonyl (C=O) groups excluding carboxylic acids is 1. The standard InChI is InChI=1S/C17H19NO5/c1-20-14-8-7-11(9-15(14)22-12-5-3-4-6-12)13-10-16(23-18-13)17(19)21-2/h7-10,12H,3-6H2,1-2H3. The predicted octanol–water partition coefficient (Wildman–Crippen LogP) is 3.46. The summed E-state index contributed by atoms with van der Waals surface area (Å²) in [6.45, 7) is 0. The molecule has 1 aliphatic rings. The second-order valence-electron chi connectivity index (χ2n) is 5.46. The van der Waals surface area contributed by atoms with E-state index in [1.807, 2.05) is 18.2 Å². The third-order valence-corrected chi connectivity index (χ3v) is 3.95. The van der Waals surface area contributed by atoms with Crippen molar-refractivity contribution < 1.29 is 23.5 Å². The van der Waals surface area contributed by atoms with Crippen LogP contribution in [0.5, 0.6) is 11.5 Å². The summed E-state index contributed by atoms with van der Waals surface area (Å²) in [5.41, 5.74) is 1.34. The zero-order valence-corrected chi connectivity index (χ0v) is 13.2. The number of carbonyl (C=O) groups is 1. The fourth-order valence-electron chi connectivity index (χ4n) is 2.72. The summed E-state index contributed by atoms with van der Waals surface area (Å²) in [6.07, 6.45) is 4.73. The number of esters is 1. The Morgan fingerprint density at radius 3 is 2.65 bits per heavy atom. The van der Waals surface area contributed by atoms with Gasteiger partial charge in [0.25, 0.3) is 0 Å². The molecule has 23 heavy (non-hydrogen) atoms. The molecular formula is C17H19NO5. The normalized spacial score (nSPS) is 14.7. The molecule has 1 aromatic carbocycles. The van der Waals surface area contributed by atoms with Crippen molar-refractivity contribution in [3.63, 3.8) is 0 Å². The average Bonchev–Trinajstić information content (AvgIpc) is 3.25. The van der Waals surface area contributed by atoms with E-state index in [-0.39, 0.29) is 11.9 Å². The molecule has 1 saturated carbocycles. The second kappa shape index (κ2) is 6.73. The zero-order chi connectivity index (χ0) is 16.2. The van der Waals surface area contributed by atoms with Crippen LogP contribution >= 0.6 is 0 Å². The Kier molecular flexibility index (Phi) is 4.50. The first kappa shape index (κ1) is 15.4. The van der Waals surface area contributed by atoms with Crippen LogP contribution in [0.3, 0.4) is 0 Å². The minimum atomic E-state index is -0.556. The Labute approximate surface area is 134 Å². The molecule has 6 heteroatoms. The molecule has 122 valence electrons. The van der Waals surface area contributed by atoms with Gasteiger partial charge in [-0.15, -0.1) is 0 Å². The molecule has 1 aromatic heterocycles. The molecule has 3 rings (SSSR count). The molecule has 2 aromatic rings. The minimum Gasteiger partial charge on any atom is -0.493 e. The van der Waals surface area contributed by atoms with Crippen LogP contribution in [0.4, 0.5) is 0 Å². The van der Waals surface area contributed by atoms with Gasteiger partial charge in [0.05, 0.1) is 20.3 Å². The van der Waals surface area contributed by atoms with Crippen molar-refractivity contribution in [1.82, 2.24) is 5.16 Å². The Morgan fingerprint density at radius 1 is 1.17 bits per heavy atom. The summed E-state index contributed by atoms with van der Waals surface area (Å²) in [4.78, 5) is 11.5. The molecule has 0 spiro atoms. The molecular weight excluding hydrogens is 298 g/mol. The summed E-state index contributed by atoms with van der Waals surface area (Å²) >= 11 is 0. The summed E-state index contributed by atoms with van der Waals surface area (Å²) in [7, 11) is 2.91. The number of hydrogen-bond acceptors (Lipinski definition) is 6. The van der Waals surface area contributed by atoms with Gasteiger partial charge < -0.3 is 18.7 Å². The van der Waals surface area contributed by atoms with Gasteiger partial charge >= 0.3 is 5.97 Å². The summed E-state index contributed by atoms with van der Waals surface area (Å²) in [5, 5.41) is 3.91. The largest absolute Gasteiger partial charge is 0.493 e. The van der Waals surface area contributed by atoms with E-state index in [1.165, 1.54) is 20.0 Å². The van der Waals surface area contributed by atoms with Crippen molar-refractivity contribution in [2.24, 2.45) is 0 Å². The molecule has 0 radical (unpaired) electrons. The summed E-state index contributed by atoms with van der Waals surface area (Å²) in [5.74, 6) is 0.869. The lowest BCUT2D eigenvalue weighted by atomic mass is 10.1. The van der Waals surface area contributed by atoms with Gasteiger partial charge in [0.15, 0.2) is 11.5 Å². The van der Waals surface area contributed by atoms with Crippen molar-refractivity contribution >= 4 is 5.97 Å². The minimum absolute atomic E-state index is 0.0663. The number of aromatic nitrogens is 1. The van der Waals surface area contributed by atoms with E-state index in [2.05, 4.69) is 9.89 Å². The quantitative estimate of drug-likeness (QED) is 0.787. The van der Waals surface area contributed by atoms with Crippen LogP contribution in [0.1, 0.15) is 36.2 Å². The van der Waals surface area contributed by atoms with Gasteiger partial charge in [-0.3, -0.25) is 0 Å². The van der Waals surface area contributed by atoms with Gasteiger partial charge in [-0.1, -0.05) is 5.16 Å². The number of hydrogen-bond donors (Lipinski definition) is 0. The van der Waals surface area contributed by atoms with Crippen LogP contribution in [0.2, 0.25) is 0 Å². The SMILES string of the molecule is COC(=O)c1cc(-c2ccc(OC)c(OC3CCCC3)c2)no1. The highest BCUT2D eigenvalue weighted by Crippen LogP contribution is 2.35. The van der Waals surface area contributed by atoms with E-state index in [4.69, 9.17) is 14.0 Å². The summed E-state index contributed by atoms with van der Waals surface area (Å²) in [6, 6.07) is 7.08. The maximum absolute atomic E-state index is 11.5. The maximum atomic E-state index is 11.5. The molecule has 0 saturated heterocycles. The molecule has 0 bridgehead atoms. The van der Waals surface area contributed by atoms with Gasteiger partial charge in [0, 0.05) is 11.6 Å². The van der Waals surface area contributed by atoms with Crippen LogP contribution in [0.25, 0.3) is 11.3 Å². The smallest absolute Gasteiger partial charge is 0.376 e. The third-order valence-electron chi connectivity index (χ3n) is 3.95. The number of rotatable bonds is 5. The average molecular weight is 317 g/mol. The van der Waals surface area contributed by atoms with E-state index in [9.17, 15) is 4.79 Å². The zero-order valence-electron chi connectivity index (χ0n) is 13.2. The number of methoxy groups -OCH3 is 2. The van der Waals surface area contributed by atoms with Crippen molar-refractivity contribution in [1.29, 1.82) is 0 Å². The van der Waals surface area contributed by atoms with E-state index in [0.717, 1.165) is 18.4 Å². The van der Waals surface area contributed by atoms with Crippen molar-refractivity contribution in [2.75, 3.05) is 14.2 Å². The van der Waals surface area contributed by atoms with Gasteiger partial charge in [-0.05, 0) is 43.9 Å². The number of nitrogens with zero attached hydrogens (tertiary/aromatic N) is 1. The fourth-order valence-corrected chi connectivity index (χ4v) is 2.72. The lowest BCUT2D eigenvalue weighted by Crippen LogP contribution is -2.11. The van der Waals surface area contributed by atoms with Gasteiger partial charge in [0.2, 0.25) is 5.76 Å². The fraction of sp³-hybridized carbons (Fsp3) is 0.412. The Bertz CT molecular complexity index is 688. The van der Waals surface area contributed by atoms with E-state index >= 15 is 0 Å². The lowest BCUT2D eigenvalue weighted by molar-refractivity contribution is 0.0554. The van der Waals surface area contributed by atoms with Crippen LogP contribution in [-0.4, -0.2) is 31.4 Å². The number of ether oxygens (including phenoxy) is 3. The summed E-state index contributed by atoms with van der Waals surface area (Å²) < 4.78 is 21.0. The van der Waals surface area contributed by atoms with E-state index in [1.54, 1.807) is 13.2 Å². The lowest BCUT2D eigenvalue weighted by Gasteiger charge is -2.16. The third kappa shape index (κ3) is 3.31. The molecule has 0 aliphatic heterocycles. The van der Waals surface area contributed by atoms with Crippen molar-refractivity contribution in [2.45, 2.75) is 31.8 Å². The highest BCUT2D eigenvalue weighted by atomic mass is 16.5. The molecule has 1 aliphatic carbocycles. The van der Waals surface area contributed by atoms with Gasteiger partial charge in [-0.25, -0.2) is 4.79 Å². The van der Waals surface area contributed by atoms with Gasteiger partial charge in [-0.2, -0.15) is 0 Å². The van der Waals surface area contributed by atoms with E-state index in [0.29, 0.717) is 17.2 Å². The molecule has 1 fully saturated rings. The van der Waals surface area contributed by atoms with Gasteiger partial charge in [0.1, 0.15) is 5.69 Å². The van der Waals surface area contributed by atoms with Crippen LogP contribution in [0, 0.1) is 0 Å². The predicted molar refractivity (Wildman–Crippen MR) is 82.7 cm³/mol. The first-order valence-corrected chi connectivity index (χ1v) is 7.61. The highest BCUT2D eigenvalue weighted by Gasteiger charge is 2.20. The first-order chi connectivity index (χ1) is 11.2. The topological polar surface area (TPSA) is 70.8 Å².